The molecule has 0 spiro atoms. The minimum atomic E-state index is -1.72. The first-order valence-electron chi connectivity index (χ1n) is 4.89. The number of carboxylic acid groups (broad SMARTS) is 1. The first kappa shape index (κ1) is 12.4. The molecule has 1 aromatic carbocycles. The van der Waals surface area contributed by atoms with Gasteiger partial charge in [0.25, 0.3) is 0 Å². The fourth-order valence-electron chi connectivity index (χ4n) is 1.37. The van der Waals surface area contributed by atoms with Crippen LogP contribution in [0.15, 0.2) is 39.9 Å². The molecule has 2 rings (SSSR count). The third kappa shape index (κ3) is 2.45. The highest BCUT2D eigenvalue weighted by atomic mass is 32.2. The summed E-state index contributed by atoms with van der Waals surface area (Å²) < 4.78 is 30.0. The van der Waals surface area contributed by atoms with Crippen LogP contribution in [0.25, 0.3) is 0 Å². The van der Waals surface area contributed by atoms with E-state index in [1.165, 1.54) is 18.2 Å². The molecule has 0 amide bonds. The lowest BCUT2D eigenvalue weighted by atomic mass is 10.3. The molecule has 1 N–H and O–H groups in total. The fraction of sp³-hybridized carbons (Fsp3) is 0.0909. The summed E-state index contributed by atoms with van der Waals surface area (Å²) in [7, 11) is -1.72. The summed E-state index contributed by atoms with van der Waals surface area (Å²) in [4.78, 5) is 10.8. The average molecular weight is 269 g/mol. The van der Waals surface area contributed by atoms with Gasteiger partial charge in [-0.15, -0.1) is 0 Å². The number of halogens is 1. The molecule has 7 heteroatoms. The molecule has 0 aliphatic heterocycles. The number of aromatic carboxylic acids is 1. The van der Waals surface area contributed by atoms with Crippen LogP contribution in [0.2, 0.25) is 0 Å². The number of benzene rings is 1. The number of hydrogen-bond donors (Lipinski definition) is 1. The SMILES string of the molecule is O=C(O)c1cnoc1CS(=O)c1ccccc1F. The van der Waals surface area contributed by atoms with Gasteiger partial charge < -0.3 is 9.63 Å². The van der Waals surface area contributed by atoms with Crippen LogP contribution >= 0.6 is 0 Å². The molecule has 0 fully saturated rings. The lowest BCUT2D eigenvalue weighted by Gasteiger charge is -2.01. The summed E-state index contributed by atoms with van der Waals surface area (Å²) in [6.07, 6.45) is 1.02. The molecule has 0 aliphatic carbocycles. The average Bonchev–Trinajstić information content (AvgIpc) is 2.77. The Morgan fingerprint density at radius 2 is 2.17 bits per heavy atom. The molecule has 2 aromatic rings. The van der Waals surface area contributed by atoms with E-state index in [1.807, 2.05) is 0 Å². The van der Waals surface area contributed by atoms with Gasteiger partial charge in [0.05, 0.1) is 27.6 Å². The van der Waals surface area contributed by atoms with Gasteiger partial charge in [0, 0.05) is 0 Å². The molecule has 0 saturated heterocycles. The van der Waals surface area contributed by atoms with Crippen LogP contribution in [0.4, 0.5) is 4.39 Å². The van der Waals surface area contributed by atoms with Crippen LogP contribution in [0.1, 0.15) is 16.1 Å². The van der Waals surface area contributed by atoms with Gasteiger partial charge in [-0.3, -0.25) is 4.21 Å². The molecular weight excluding hydrogens is 261 g/mol. The van der Waals surface area contributed by atoms with Crippen LogP contribution in [0.5, 0.6) is 0 Å². The normalized spacial score (nSPS) is 12.3. The Balaban J connectivity index is 2.25. The summed E-state index contributed by atoms with van der Waals surface area (Å²) in [5.41, 5.74) is -0.167. The van der Waals surface area contributed by atoms with Gasteiger partial charge in [-0.1, -0.05) is 17.3 Å². The summed E-state index contributed by atoms with van der Waals surface area (Å²) in [5.74, 6) is -2.10. The van der Waals surface area contributed by atoms with E-state index in [2.05, 4.69) is 5.16 Å². The fourth-order valence-corrected chi connectivity index (χ4v) is 2.49. The largest absolute Gasteiger partial charge is 0.478 e. The van der Waals surface area contributed by atoms with Crippen molar-refractivity contribution in [3.05, 3.63) is 47.6 Å². The summed E-state index contributed by atoms with van der Waals surface area (Å²) in [6, 6.07) is 5.59. The Hall–Kier alpha value is -2.02. The monoisotopic (exact) mass is 269 g/mol. The lowest BCUT2D eigenvalue weighted by Crippen LogP contribution is -2.03. The zero-order chi connectivity index (χ0) is 13.1. The quantitative estimate of drug-likeness (QED) is 0.915. The molecule has 1 aromatic heterocycles. The number of aromatic nitrogens is 1. The van der Waals surface area contributed by atoms with E-state index in [9.17, 15) is 13.4 Å². The highest BCUT2D eigenvalue weighted by Crippen LogP contribution is 2.17. The molecule has 18 heavy (non-hydrogen) atoms. The van der Waals surface area contributed by atoms with Crippen molar-refractivity contribution in [2.45, 2.75) is 10.6 Å². The maximum Gasteiger partial charge on any atom is 0.341 e. The van der Waals surface area contributed by atoms with Crippen LogP contribution in [-0.2, 0) is 16.6 Å². The minimum Gasteiger partial charge on any atom is -0.478 e. The smallest absolute Gasteiger partial charge is 0.341 e. The minimum absolute atomic E-state index is 0.00485. The van der Waals surface area contributed by atoms with Crippen molar-refractivity contribution >= 4 is 16.8 Å². The first-order valence-corrected chi connectivity index (χ1v) is 6.21. The molecule has 0 aliphatic rings. The van der Waals surface area contributed by atoms with Crippen LogP contribution in [0, 0.1) is 5.82 Å². The molecular formula is C11H8FNO4S. The van der Waals surface area contributed by atoms with Gasteiger partial charge in [0.1, 0.15) is 11.4 Å². The molecule has 0 radical (unpaired) electrons. The van der Waals surface area contributed by atoms with Crippen LogP contribution < -0.4 is 0 Å². The molecule has 1 unspecified atom stereocenters. The number of carboxylic acids is 1. The molecule has 0 saturated carbocycles. The van der Waals surface area contributed by atoms with E-state index in [1.54, 1.807) is 6.07 Å². The topological polar surface area (TPSA) is 80.4 Å². The zero-order valence-corrected chi connectivity index (χ0v) is 9.82. The van der Waals surface area contributed by atoms with Crippen LogP contribution in [-0.4, -0.2) is 20.4 Å². The number of hydrogen-bond acceptors (Lipinski definition) is 4. The van der Waals surface area contributed by atoms with E-state index in [-0.39, 0.29) is 22.0 Å². The van der Waals surface area contributed by atoms with Crippen molar-refractivity contribution in [1.29, 1.82) is 0 Å². The molecule has 0 bridgehead atoms. The predicted octanol–water partition coefficient (Wildman–Crippen LogP) is 1.82. The number of nitrogens with zero attached hydrogens (tertiary/aromatic N) is 1. The van der Waals surface area contributed by atoms with E-state index < -0.39 is 22.6 Å². The first-order chi connectivity index (χ1) is 8.59. The Bertz CT molecular complexity index is 611. The van der Waals surface area contributed by atoms with Crippen molar-refractivity contribution in [2.24, 2.45) is 0 Å². The molecule has 5 nitrogen and oxygen atoms in total. The molecule has 94 valence electrons. The van der Waals surface area contributed by atoms with Crippen molar-refractivity contribution in [2.75, 3.05) is 0 Å². The molecule has 1 heterocycles. The second kappa shape index (κ2) is 5.09. The van der Waals surface area contributed by atoms with E-state index in [0.717, 1.165) is 6.20 Å². The third-order valence-electron chi connectivity index (χ3n) is 2.22. The van der Waals surface area contributed by atoms with Crippen molar-refractivity contribution in [1.82, 2.24) is 5.16 Å². The Morgan fingerprint density at radius 3 is 2.83 bits per heavy atom. The molecule has 1 atom stereocenters. The lowest BCUT2D eigenvalue weighted by molar-refractivity contribution is 0.0695. The Kier molecular flexibility index (Phi) is 3.52. The van der Waals surface area contributed by atoms with Gasteiger partial charge in [0.15, 0.2) is 5.76 Å². The van der Waals surface area contributed by atoms with Crippen molar-refractivity contribution < 1.29 is 23.0 Å². The van der Waals surface area contributed by atoms with E-state index >= 15 is 0 Å². The van der Waals surface area contributed by atoms with Crippen LogP contribution in [0.3, 0.4) is 0 Å². The maximum absolute atomic E-state index is 13.4. The summed E-state index contributed by atoms with van der Waals surface area (Å²) in [5, 5.41) is 12.1. The third-order valence-corrected chi connectivity index (χ3v) is 3.57. The van der Waals surface area contributed by atoms with Gasteiger partial charge in [0.2, 0.25) is 0 Å². The van der Waals surface area contributed by atoms with Crippen molar-refractivity contribution in [3.8, 4) is 0 Å². The summed E-state index contributed by atoms with van der Waals surface area (Å²) in [6.45, 7) is 0. The van der Waals surface area contributed by atoms with E-state index in [4.69, 9.17) is 9.63 Å². The van der Waals surface area contributed by atoms with Gasteiger partial charge in [-0.05, 0) is 12.1 Å². The van der Waals surface area contributed by atoms with Crippen molar-refractivity contribution in [3.63, 3.8) is 0 Å². The second-order valence-electron chi connectivity index (χ2n) is 3.39. The van der Waals surface area contributed by atoms with Gasteiger partial charge in [-0.25, -0.2) is 9.18 Å². The Labute approximate surface area is 104 Å². The number of carbonyl (C=O) groups is 1. The second-order valence-corrected chi connectivity index (χ2v) is 4.81. The van der Waals surface area contributed by atoms with Gasteiger partial charge in [-0.2, -0.15) is 0 Å². The van der Waals surface area contributed by atoms with Gasteiger partial charge >= 0.3 is 5.97 Å². The maximum atomic E-state index is 13.4. The standard InChI is InChI=1S/C11H8FNO4S/c12-8-3-1-2-4-10(8)18(16)6-9-7(11(14)15)5-13-17-9/h1-5H,6H2,(H,14,15). The highest BCUT2D eigenvalue weighted by Gasteiger charge is 2.19. The Morgan fingerprint density at radius 1 is 1.44 bits per heavy atom. The zero-order valence-electron chi connectivity index (χ0n) is 9.00. The highest BCUT2D eigenvalue weighted by molar-refractivity contribution is 7.84. The number of rotatable bonds is 4. The predicted molar refractivity (Wildman–Crippen MR) is 60.0 cm³/mol. The summed E-state index contributed by atoms with van der Waals surface area (Å²) >= 11 is 0. The van der Waals surface area contributed by atoms with E-state index in [0.29, 0.717) is 0 Å².